The lowest BCUT2D eigenvalue weighted by atomic mass is 10.1. The second-order valence-electron chi connectivity index (χ2n) is 4.91. The first-order valence-electron chi connectivity index (χ1n) is 6.58. The van der Waals surface area contributed by atoms with Crippen molar-refractivity contribution >= 4 is 10.0 Å². The molecule has 2 N–H and O–H groups in total. The van der Waals surface area contributed by atoms with Gasteiger partial charge in [0.05, 0.1) is 18.2 Å². The number of primary sulfonamides is 1. The molecule has 0 amide bonds. The molecule has 1 aromatic heterocycles. The van der Waals surface area contributed by atoms with E-state index in [1.165, 1.54) is 6.07 Å². The van der Waals surface area contributed by atoms with Crippen molar-refractivity contribution in [2.75, 3.05) is 0 Å². The number of benzene rings is 1. The van der Waals surface area contributed by atoms with Crippen LogP contribution in [0.1, 0.15) is 23.7 Å². The van der Waals surface area contributed by atoms with E-state index in [-0.39, 0.29) is 11.5 Å². The maximum Gasteiger partial charge on any atom is 0.241 e. The smallest absolute Gasteiger partial charge is 0.241 e. The van der Waals surface area contributed by atoms with Gasteiger partial charge in [0.2, 0.25) is 10.0 Å². The van der Waals surface area contributed by atoms with Crippen LogP contribution in [0.2, 0.25) is 0 Å². The minimum atomic E-state index is -3.83. The van der Waals surface area contributed by atoms with Crippen molar-refractivity contribution in [2.45, 2.75) is 38.8 Å². The van der Waals surface area contributed by atoms with Crippen LogP contribution in [0, 0.1) is 13.8 Å². The second kappa shape index (κ2) is 5.87. The van der Waals surface area contributed by atoms with Crippen LogP contribution in [0.4, 0.5) is 0 Å². The molecular weight excluding hydrogens is 290 g/mol. The fraction of sp³-hybridized carbons (Fsp3) is 0.357. The van der Waals surface area contributed by atoms with Gasteiger partial charge in [-0.05, 0) is 38.0 Å². The molecule has 1 aromatic carbocycles. The Morgan fingerprint density at radius 2 is 2.05 bits per heavy atom. The van der Waals surface area contributed by atoms with Gasteiger partial charge in [0.15, 0.2) is 0 Å². The average Bonchev–Trinajstić information content (AvgIpc) is 2.83. The molecule has 1 heterocycles. The highest BCUT2D eigenvalue weighted by Gasteiger charge is 2.18. The highest BCUT2D eigenvalue weighted by Crippen LogP contribution is 2.29. The molecule has 114 valence electrons. The number of hydrogen-bond donors (Lipinski definition) is 1. The fourth-order valence-electron chi connectivity index (χ4n) is 2.21. The molecule has 0 saturated carbocycles. The number of rotatable bonds is 5. The van der Waals surface area contributed by atoms with E-state index in [1.807, 2.05) is 24.5 Å². The first kappa shape index (κ1) is 15.5. The molecule has 7 heteroatoms. The molecule has 0 fully saturated rings. The van der Waals surface area contributed by atoms with Gasteiger partial charge in [0.1, 0.15) is 17.3 Å². The monoisotopic (exact) mass is 309 g/mol. The number of aryl methyl sites for hydroxylation is 3. The van der Waals surface area contributed by atoms with E-state index in [1.54, 1.807) is 19.4 Å². The molecule has 21 heavy (non-hydrogen) atoms. The van der Waals surface area contributed by atoms with Gasteiger partial charge < -0.3 is 9.30 Å². The van der Waals surface area contributed by atoms with Crippen molar-refractivity contribution in [3.8, 4) is 5.75 Å². The van der Waals surface area contributed by atoms with Gasteiger partial charge in [-0.15, -0.1) is 0 Å². The number of imidazole rings is 1. The van der Waals surface area contributed by atoms with Crippen LogP contribution in [0.25, 0.3) is 0 Å². The first-order valence-corrected chi connectivity index (χ1v) is 8.13. The van der Waals surface area contributed by atoms with E-state index in [2.05, 4.69) is 4.98 Å². The van der Waals surface area contributed by atoms with Crippen LogP contribution < -0.4 is 9.88 Å². The molecular formula is C14H19N3O3S. The topological polar surface area (TPSA) is 87.2 Å². The van der Waals surface area contributed by atoms with Gasteiger partial charge in [-0.1, -0.05) is 6.07 Å². The standard InChI is InChI=1S/C14H19N3O3S/c1-4-17-9-16-7-12(17)8-20-14-11(3)5-10(2)6-13(14)21(15,18)19/h5-7,9H,4,8H2,1-3H3,(H2,15,18,19). The van der Waals surface area contributed by atoms with Gasteiger partial charge in [-0.3, -0.25) is 0 Å². The number of nitrogens with zero attached hydrogens (tertiary/aromatic N) is 2. The summed E-state index contributed by atoms with van der Waals surface area (Å²) >= 11 is 0. The van der Waals surface area contributed by atoms with Crippen LogP contribution in [0.15, 0.2) is 29.6 Å². The molecule has 0 aliphatic carbocycles. The fourth-order valence-corrected chi connectivity index (χ4v) is 3.04. The molecule has 0 radical (unpaired) electrons. The van der Waals surface area contributed by atoms with E-state index in [9.17, 15) is 8.42 Å². The minimum absolute atomic E-state index is 0.0163. The Morgan fingerprint density at radius 3 is 2.67 bits per heavy atom. The summed E-state index contributed by atoms with van der Waals surface area (Å²) < 4.78 is 31.1. The van der Waals surface area contributed by atoms with Crippen LogP contribution in [-0.2, 0) is 23.2 Å². The highest BCUT2D eigenvalue weighted by atomic mass is 32.2. The largest absolute Gasteiger partial charge is 0.486 e. The van der Waals surface area contributed by atoms with Crippen LogP contribution in [0.5, 0.6) is 5.75 Å². The zero-order valence-corrected chi connectivity index (χ0v) is 13.1. The maximum absolute atomic E-state index is 11.7. The third-order valence-electron chi connectivity index (χ3n) is 3.20. The molecule has 2 aromatic rings. The van der Waals surface area contributed by atoms with Gasteiger partial charge in [0.25, 0.3) is 0 Å². The summed E-state index contributed by atoms with van der Waals surface area (Å²) in [5.41, 5.74) is 2.43. The minimum Gasteiger partial charge on any atom is -0.486 e. The third kappa shape index (κ3) is 3.43. The van der Waals surface area contributed by atoms with Crippen molar-refractivity contribution < 1.29 is 13.2 Å². The maximum atomic E-state index is 11.7. The average molecular weight is 309 g/mol. The van der Waals surface area contributed by atoms with Crippen LogP contribution in [-0.4, -0.2) is 18.0 Å². The Balaban J connectivity index is 2.36. The molecule has 0 atom stereocenters. The van der Waals surface area contributed by atoms with Crippen LogP contribution in [0.3, 0.4) is 0 Å². The molecule has 6 nitrogen and oxygen atoms in total. The lowest BCUT2D eigenvalue weighted by molar-refractivity contribution is 0.285. The van der Waals surface area contributed by atoms with Crippen molar-refractivity contribution in [2.24, 2.45) is 5.14 Å². The van der Waals surface area contributed by atoms with Gasteiger partial charge in [0, 0.05) is 6.54 Å². The Morgan fingerprint density at radius 1 is 1.33 bits per heavy atom. The Kier molecular flexibility index (Phi) is 4.34. The summed E-state index contributed by atoms with van der Waals surface area (Å²) in [4.78, 5) is 4.07. The van der Waals surface area contributed by atoms with E-state index >= 15 is 0 Å². The van der Waals surface area contributed by atoms with Crippen molar-refractivity contribution in [1.29, 1.82) is 0 Å². The Bertz CT molecular complexity index is 751. The zero-order chi connectivity index (χ0) is 15.6. The molecule has 0 bridgehead atoms. The van der Waals surface area contributed by atoms with Crippen molar-refractivity contribution in [3.63, 3.8) is 0 Å². The number of ether oxygens (including phenoxy) is 1. The van der Waals surface area contributed by atoms with Crippen LogP contribution >= 0.6 is 0 Å². The summed E-state index contributed by atoms with van der Waals surface area (Å²) in [7, 11) is -3.83. The summed E-state index contributed by atoms with van der Waals surface area (Å²) in [6, 6.07) is 3.38. The van der Waals surface area contributed by atoms with Gasteiger partial charge >= 0.3 is 0 Å². The van der Waals surface area contributed by atoms with Gasteiger partial charge in [-0.2, -0.15) is 0 Å². The molecule has 0 unspecified atom stereocenters. The lowest BCUT2D eigenvalue weighted by Crippen LogP contribution is -2.15. The van der Waals surface area contributed by atoms with E-state index in [0.29, 0.717) is 5.75 Å². The molecule has 0 spiro atoms. The quantitative estimate of drug-likeness (QED) is 0.911. The van der Waals surface area contributed by atoms with E-state index in [0.717, 1.165) is 23.4 Å². The Hall–Kier alpha value is -1.86. The number of hydrogen-bond acceptors (Lipinski definition) is 4. The summed E-state index contributed by atoms with van der Waals surface area (Å²) in [5, 5.41) is 5.28. The summed E-state index contributed by atoms with van der Waals surface area (Å²) in [5.74, 6) is 0.298. The molecule has 0 saturated heterocycles. The number of nitrogens with two attached hydrogens (primary N) is 1. The van der Waals surface area contributed by atoms with E-state index < -0.39 is 10.0 Å². The normalized spacial score (nSPS) is 11.6. The van der Waals surface area contributed by atoms with Gasteiger partial charge in [-0.25, -0.2) is 18.5 Å². The summed E-state index contributed by atoms with van der Waals surface area (Å²) in [6.45, 7) is 6.62. The predicted molar refractivity (Wildman–Crippen MR) is 79.5 cm³/mol. The Labute approximate surface area is 124 Å². The lowest BCUT2D eigenvalue weighted by Gasteiger charge is -2.14. The highest BCUT2D eigenvalue weighted by molar-refractivity contribution is 7.89. The summed E-state index contributed by atoms with van der Waals surface area (Å²) in [6.07, 6.45) is 3.41. The third-order valence-corrected chi connectivity index (χ3v) is 4.11. The van der Waals surface area contributed by atoms with E-state index in [4.69, 9.17) is 9.88 Å². The molecule has 0 aliphatic rings. The predicted octanol–water partition coefficient (Wildman–Crippen LogP) is 1.75. The molecule has 2 rings (SSSR count). The first-order chi connectivity index (χ1) is 9.82. The number of sulfonamides is 1. The van der Waals surface area contributed by atoms with Crippen molar-refractivity contribution in [1.82, 2.24) is 9.55 Å². The zero-order valence-electron chi connectivity index (χ0n) is 12.3. The second-order valence-corrected chi connectivity index (χ2v) is 6.44. The number of aromatic nitrogens is 2. The SMILES string of the molecule is CCn1cncc1COc1c(C)cc(C)cc1S(N)(=O)=O. The molecule has 0 aliphatic heterocycles. The van der Waals surface area contributed by atoms with Crippen molar-refractivity contribution in [3.05, 3.63) is 41.5 Å².